The maximum atomic E-state index is 13.8. The molecule has 2 aromatic rings. The summed E-state index contributed by atoms with van der Waals surface area (Å²) in [5, 5.41) is 6.97. The van der Waals surface area contributed by atoms with Crippen molar-refractivity contribution in [2.75, 3.05) is 20.2 Å². The van der Waals surface area contributed by atoms with Crippen LogP contribution in [0, 0.1) is 5.82 Å². The van der Waals surface area contributed by atoms with Gasteiger partial charge < -0.3 is 9.64 Å². The van der Waals surface area contributed by atoms with Gasteiger partial charge in [0.1, 0.15) is 18.0 Å². The minimum atomic E-state index is -0.471. The molecule has 2 heterocycles. The van der Waals surface area contributed by atoms with Crippen LogP contribution in [0.2, 0.25) is 5.02 Å². The highest BCUT2D eigenvalue weighted by molar-refractivity contribution is 6.31. The van der Waals surface area contributed by atoms with Crippen molar-refractivity contribution in [3.8, 4) is 0 Å². The number of aromatic nitrogens is 3. The zero-order chi connectivity index (χ0) is 17.1. The minimum Gasteiger partial charge on any atom is -0.376 e. The molecule has 2 atom stereocenters. The van der Waals surface area contributed by atoms with Crippen molar-refractivity contribution in [3.05, 3.63) is 46.8 Å². The van der Waals surface area contributed by atoms with Gasteiger partial charge in [0.2, 0.25) is 5.91 Å². The highest BCUT2D eigenvalue weighted by Crippen LogP contribution is 2.29. The first-order valence-electron chi connectivity index (χ1n) is 7.70. The zero-order valence-electron chi connectivity index (χ0n) is 13.2. The van der Waals surface area contributed by atoms with Crippen molar-refractivity contribution in [3.63, 3.8) is 0 Å². The number of carbonyl (C=O) groups excluding carboxylic acids is 1. The van der Waals surface area contributed by atoms with Crippen LogP contribution >= 0.6 is 11.6 Å². The number of hydrogen-bond acceptors (Lipinski definition) is 4. The first kappa shape index (κ1) is 16.9. The molecule has 6 nitrogen and oxygen atoms in total. The number of nitrogens with zero attached hydrogens (tertiary/aromatic N) is 3. The first-order chi connectivity index (χ1) is 11.6. The molecule has 1 fully saturated rings. The fourth-order valence-electron chi connectivity index (χ4n) is 2.89. The van der Waals surface area contributed by atoms with E-state index in [2.05, 4.69) is 15.2 Å². The van der Waals surface area contributed by atoms with Crippen molar-refractivity contribution in [1.82, 2.24) is 20.1 Å². The molecule has 0 bridgehead atoms. The average Bonchev–Trinajstić information content (AvgIpc) is 3.21. The first-order valence-corrected chi connectivity index (χ1v) is 8.07. The number of nitrogens with one attached hydrogen (secondary N) is 1. The number of ether oxygens (including phenoxy) is 1. The molecule has 3 rings (SSSR count). The van der Waals surface area contributed by atoms with Crippen LogP contribution in [-0.2, 0) is 16.0 Å². The Kier molecular flexibility index (Phi) is 5.11. The number of rotatable bonds is 5. The third-order valence-corrected chi connectivity index (χ3v) is 4.62. The Morgan fingerprint density at radius 1 is 1.54 bits per heavy atom. The number of benzene rings is 1. The molecule has 24 heavy (non-hydrogen) atoms. The van der Waals surface area contributed by atoms with Gasteiger partial charge in [0.05, 0.1) is 12.5 Å². The molecule has 1 aromatic carbocycles. The van der Waals surface area contributed by atoms with Gasteiger partial charge in [-0.2, -0.15) is 5.10 Å². The summed E-state index contributed by atoms with van der Waals surface area (Å²) in [7, 11) is 1.68. The number of likely N-dealkylation sites (N-methyl/N-ethyl adjacent to an activating group) is 1. The Hall–Kier alpha value is -1.99. The van der Waals surface area contributed by atoms with E-state index >= 15 is 0 Å². The molecular formula is C16H18ClFN4O2. The minimum absolute atomic E-state index is 0.0693. The van der Waals surface area contributed by atoms with Crippen LogP contribution in [0.3, 0.4) is 0 Å². The molecule has 0 spiro atoms. The zero-order valence-corrected chi connectivity index (χ0v) is 14.0. The van der Waals surface area contributed by atoms with E-state index in [0.29, 0.717) is 13.2 Å². The number of carbonyl (C=O) groups is 1. The van der Waals surface area contributed by atoms with Gasteiger partial charge in [-0.25, -0.2) is 9.37 Å². The van der Waals surface area contributed by atoms with Crippen LogP contribution in [0.25, 0.3) is 0 Å². The van der Waals surface area contributed by atoms with Crippen molar-refractivity contribution in [2.24, 2.45) is 0 Å². The van der Waals surface area contributed by atoms with Crippen molar-refractivity contribution >= 4 is 17.5 Å². The van der Waals surface area contributed by atoms with Crippen molar-refractivity contribution in [2.45, 2.75) is 24.9 Å². The van der Waals surface area contributed by atoms with Crippen LogP contribution in [-0.4, -0.2) is 52.3 Å². The van der Waals surface area contributed by atoms with Crippen LogP contribution in [0.15, 0.2) is 24.5 Å². The normalized spacial score (nSPS) is 20.3. The van der Waals surface area contributed by atoms with E-state index in [0.717, 1.165) is 12.2 Å². The fraction of sp³-hybridized carbons (Fsp3) is 0.438. The molecule has 0 radical (unpaired) electrons. The molecule has 8 heteroatoms. The van der Waals surface area contributed by atoms with Gasteiger partial charge >= 0.3 is 0 Å². The summed E-state index contributed by atoms with van der Waals surface area (Å²) in [5.41, 5.74) is 0.218. The lowest BCUT2D eigenvalue weighted by atomic mass is 10.00. The maximum absolute atomic E-state index is 13.8. The largest absolute Gasteiger partial charge is 0.376 e. The molecule has 0 aliphatic carbocycles. The lowest BCUT2D eigenvalue weighted by molar-refractivity contribution is -0.130. The molecule has 1 saturated heterocycles. The Labute approximate surface area is 144 Å². The number of halogens is 2. The third-order valence-electron chi connectivity index (χ3n) is 4.26. The van der Waals surface area contributed by atoms with Gasteiger partial charge in [-0.1, -0.05) is 17.7 Å². The van der Waals surface area contributed by atoms with Crippen molar-refractivity contribution in [1.29, 1.82) is 0 Å². The summed E-state index contributed by atoms with van der Waals surface area (Å²) in [6, 6.07) is 4.39. The number of H-pyrrole nitrogens is 1. The number of aromatic amines is 1. The third kappa shape index (κ3) is 3.57. The predicted octanol–water partition coefficient (Wildman–Crippen LogP) is 2.17. The standard InChI is InChI=1S/C16H18ClFN4O2/c1-22(15(23)7-11-12(17)3-2-4-13(11)18)8-14-10(5-6-24-14)16-19-9-20-21-16/h2-4,9-10,14H,5-8H2,1H3,(H,19,20,21)/t10-,14-/m1/s1. The van der Waals surface area contributed by atoms with Crippen LogP contribution < -0.4 is 0 Å². The van der Waals surface area contributed by atoms with Gasteiger partial charge in [0, 0.05) is 36.7 Å². The van der Waals surface area contributed by atoms with E-state index < -0.39 is 5.82 Å². The summed E-state index contributed by atoms with van der Waals surface area (Å²) < 4.78 is 19.6. The number of amides is 1. The molecule has 1 aliphatic heterocycles. The topological polar surface area (TPSA) is 71.1 Å². The smallest absolute Gasteiger partial charge is 0.226 e. The SMILES string of the molecule is CN(C[C@H]1OCC[C@H]1c1ncn[nH]1)C(=O)Cc1c(F)cccc1Cl. The van der Waals surface area contributed by atoms with E-state index in [4.69, 9.17) is 16.3 Å². The monoisotopic (exact) mass is 352 g/mol. The fourth-order valence-corrected chi connectivity index (χ4v) is 3.12. The molecule has 1 N–H and O–H groups in total. The lowest BCUT2D eigenvalue weighted by Crippen LogP contribution is -2.37. The average molecular weight is 353 g/mol. The second-order valence-corrected chi connectivity index (χ2v) is 6.23. The second-order valence-electron chi connectivity index (χ2n) is 5.83. The van der Waals surface area contributed by atoms with Gasteiger partial charge in [0.25, 0.3) is 0 Å². The van der Waals surface area contributed by atoms with E-state index in [1.165, 1.54) is 18.5 Å². The molecule has 1 amide bonds. The highest BCUT2D eigenvalue weighted by atomic mass is 35.5. The Morgan fingerprint density at radius 2 is 2.38 bits per heavy atom. The molecular weight excluding hydrogens is 335 g/mol. The van der Waals surface area contributed by atoms with Crippen LogP contribution in [0.4, 0.5) is 4.39 Å². The molecule has 1 aliphatic rings. The summed E-state index contributed by atoms with van der Waals surface area (Å²) in [4.78, 5) is 18.1. The van der Waals surface area contributed by atoms with Gasteiger partial charge in [-0.15, -0.1) is 0 Å². The maximum Gasteiger partial charge on any atom is 0.226 e. The van der Waals surface area contributed by atoms with Crippen molar-refractivity contribution < 1.29 is 13.9 Å². The predicted molar refractivity (Wildman–Crippen MR) is 86.2 cm³/mol. The van der Waals surface area contributed by atoms with E-state index in [-0.39, 0.29) is 34.9 Å². The molecule has 128 valence electrons. The second kappa shape index (κ2) is 7.27. The van der Waals surface area contributed by atoms with Gasteiger partial charge in [0.15, 0.2) is 0 Å². The summed E-state index contributed by atoms with van der Waals surface area (Å²) >= 11 is 5.98. The Bertz CT molecular complexity index is 690. The quantitative estimate of drug-likeness (QED) is 0.895. The Balaban J connectivity index is 1.64. The number of hydrogen-bond donors (Lipinski definition) is 1. The van der Waals surface area contributed by atoms with Crippen LogP contribution in [0.5, 0.6) is 0 Å². The molecule has 0 saturated carbocycles. The highest BCUT2D eigenvalue weighted by Gasteiger charge is 2.33. The lowest BCUT2D eigenvalue weighted by Gasteiger charge is -2.24. The van der Waals surface area contributed by atoms with Gasteiger partial charge in [-0.05, 0) is 18.6 Å². The van der Waals surface area contributed by atoms with Gasteiger partial charge in [-0.3, -0.25) is 9.89 Å². The van der Waals surface area contributed by atoms with E-state index in [9.17, 15) is 9.18 Å². The molecule has 0 unspecified atom stereocenters. The van der Waals surface area contributed by atoms with Crippen LogP contribution in [0.1, 0.15) is 23.7 Å². The molecule has 1 aromatic heterocycles. The summed E-state index contributed by atoms with van der Waals surface area (Å²) in [6.07, 6.45) is 2.03. The van der Waals surface area contributed by atoms with E-state index in [1.807, 2.05) is 0 Å². The van der Waals surface area contributed by atoms with E-state index in [1.54, 1.807) is 18.0 Å². The summed E-state index contributed by atoms with van der Waals surface area (Å²) in [6.45, 7) is 1.01. The Morgan fingerprint density at radius 3 is 3.08 bits per heavy atom. The summed E-state index contributed by atoms with van der Waals surface area (Å²) in [5.74, 6) is 0.144.